The van der Waals surface area contributed by atoms with Crippen LogP contribution >= 0.6 is 11.3 Å². The molecule has 0 radical (unpaired) electrons. The van der Waals surface area contributed by atoms with Gasteiger partial charge in [0.2, 0.25) is 0 Å². The Balaban J connectivity index is 1.95. The largest absolute Gasteiger partial charge is 0.303 e. The summed E-state index contributed by atoms with van der Waals surface area (Å²) in [4.78, 5) is 8.53. The van der Waals surface area contributed by atoms with E-state index in [1.807, 2.05) is 0 Å². The highest BCUT2D eigenvalue weighted by Gasteiger charge is 2.15. The SMILES string of the molecule is CC(C)c1nc(CCN2CCCCCC2)sc1CC#N. The summed E-state index contributed by atoms with van der Waals surface area (Å²) in [6.07, 6.45) is 7.00. The Morgan fingerprint density at radius 3 is 2.55 bits per heavy atom. The Bertz CT molecular complexity index is 451. The first-order valence-corrected chi connectivity index (χ1v) is 8.60. The van der Waals surface area contributed by atoms with Crippen molar-refractivity contribution in [1.82, 2.24) is 9.88 Å². The van der Waals surface area contributed by atoms with Gasteiger partial charge in [-0.3, -0.25) is 0 Å². The molecule has 110 valence electrons. The molecule has 0 saturated carbocycles. The zero-order valence-electron chi connectivity index (χ0n) is 12.7. The van der Waals surface area contributed by atoms with E-state index in [0.717, 1.165) is 18.7 Å². The van der Waals surface area contributed by atoms with Crippen LogP contribution in [0.1, 0.15) is 61.0 Å². The first-order valence-electron chi connectivity index (χ1n) is 7.78. The Morgan fingerprint density at radius 2 is 1.95 bits per heavy atom. The number of nitriles is 1. The number of nitrogens with zero attached hydrogens (tertiary/aromatic N) is 3. The Morgan fingerprint density at radius 1 is 1.25 bits per heavy atom. The predicted octanol–water partition coefficient (Wildman–Crippen LogP) is 3.75. The summed E-state index contributed by atoms with van der Waals surface area (Å²) in [6.45, 7) is 7.93. The van der Waals surface area contributed by atoms with Crippen LogP contribution in [0.3, 0.4) is 0 Å². The molecular weight excluding hydrogens is 266 g/mol. The maximum atomic E-state index is 8.92. The minimum atomic E-state index is 0.418. The third kappa shape index (κ3) is 4.29. The van der Waals surface area contributed by atoms with Crippen molar-refractivity contribution in [3.63, 3.8) is 0 Å². The van der Waals surface area contributed by atoms with Crippen LogP contribution in [0.15, 0.2) is 0 Å². The van der Waals surface area contributed by atoms with Crippen LogP contribution < -0.4 is 0 Å². The molecule has 1 aliphatic rings. The molecule has 0 aromatic carbocycles. The molecule has 1 fully saturated rings. The molecule has 0 N–H and O–H groups in total. The highest BCUT2D eigenvalue weighted by atomic mass is 32.1. The third-order valence-electron chi connectivity index (χ3n) is 3.90. The maximum absolute atomic E-state index is 8.92. The van der Waals surface area contributed by atoms with Crippen molar-refractivity contribution in [2.24, 2.45) is 0 Å². The molecule has 3 nitrogen and oxygen atoms in total. The minimum absolute atomic E-state index is 0.418. The van der Waals surface area contributed by atoms with Crippen molar-refractivity contribution < 1.29 is 0 Å². The van der Waals surface area contributed by atoms with Gasteiger partial charge in [-0.25, -0.2) is 4.98 Å². The standard InChI is InChI=1S/C16H25N3S/c1-13(2)16-14(7-9-17)20-15(18-16)8-12-19-10-5-3-4-6-11-19/h13H,3-8,10-12H2,1-2H3. The van der Waals surface area contributed by atoms with Crippen molar-refractivity contribution in [2.45, 2.75) is 58.3 Å². The summed E-state index contributed by atoms with van der Waals surface area (Å²) in [5.74, 6) is 0.418. The number of rotatable bonds is 5. The zero-order valence-corrected chi connectivity index (χ0v) is 13.5. The second kappa shape index (κ2) is 7.75. The normalized spacial score (nSPS) is 17.1. The van der Waals surface area contributed by atoms with Crippen molar-refractivity contribution in [1.29, 1.82) is 5.26 Å². The van der Waals surface area contributed by atoms with E-state index < -0.39 is 0 Å². The molecule has 0 aliphatic carbocycles. The average Bonchev–Trinajstić information content (AvgIpc) is 2.66. The number of thiazole rings is 1. The molecule has 1 aliphatic heterocycles. The molecule has 0 amide bonds. The van der Waals surface area contributed by atoms with Crippen LogP contribution in [-0.2, 0) is 12.8 Å². The molecule has 1 aromatic rings. The molecule has 1 saturated heterocycles. The summed E-state index contributed by atoms with van der Waals surface area (Å²) in [6, 6.07) is 2.27. The van der Waals surface area contributed by atoms with Gasteiger partial charge in [0.15, 0.2) is 0 Å². The maximum Gasteiger partial charge on any atom is 0.0944 e. The number of hydrogen-bond acceptors (Lipinski definition) is 4. The van der Waals surface area contributed by atoms with Gasteiger partial charge in [-0.1, -0.05) is 26.7 Å². The molecule has 0 spiro atoms. The summed E-state index contributed by atoms with van der Waals surface area (Å²) in [5.41, 5.74) is 1.14. The van der Waals surface area contributed by atoms with Crippen LogP contribution in [0.4, 0.5) is 0 Å². The fraction of sp³-hybridized carbons (Fsp3) is 0.750. The van der Waals surface area contributed by atoms with Crippen LogP contribution in [0.5, 0.6) is 0 Å². The molecule has 0 unspecified atom stereocenters. The second-order valence-corrected chi connectivity index (χ2v) is 7.08. The van der Waals surface area contributed by atoms with Crippen molar-refractivity contribution in [3.8, 4) is 6.07 Å². The Kier molecular flexibility index (Phi) is 6.00. The molecule has 2 heterocycles. The van der Waals surface area contributed by atoms with E-state index in [2.05, 4.69) is 24.8 Å². The van der Waals surface area contributed by atoms with Crippen molar-refractivity contribution >= 4 is 11.3 Å². The van der Waals surface area contributed by atoms with Gasteiger partial charge in [0.05, 0.1) is 23.2 Å². The van der Waals surface area contributed by atoms with Crippen molar-refractivity contribution in [3.05, 3.63) is 15.6 Å². The van der Waals surface area contributed by atoms with E-state index in [4.69, 9.17) is 10.2 Å². The molecule has 20 heavy (non-hydrogen) atoms. The predicted molar refractivity (Wildman–Crippen MR) is 84.1 cm³/mol. The average molecular weight is 291 g/mol. The number of hydrogen-bond donors (Lipinski definition) is 0. The molecule has 0 atom stereocenters. The van der Waals surface area contributed by atoms with Crippen LogP contribution in [-0.4, -0.2) is 29.5 Å². The fourth-order valence-corrected chi connectivity index (χ4v) is 3.93. The number of aromatic nitrogens is 1. The molecule has 4 heteroatoms. The first-order chi connectivity index (χ1) is 9.70. The topological polar surface area (TPSA) is 39.9 Å². The van der Waals surface area contributed by atoms with Gasteiger partial charge in [-0.05, 0) is 31.8 Å². The third-order valence-corrected chi connectivity index (χ3v) is 5.03. The van der Waals surface area contributed by atoms with Gasteiger partial charge in [0.25, 0.3) is 0 Å². The van der Waals surface area contributed by atoms with E-state index in [9.17, 15) is 0 Å². The molecule has 0 bridgehead atoms. The highest BCUT2D eigenvalue weighted by Crippen LogP contribution is 2.26. The van der Waals surface area contributed by atoms with Crippen molar-refractivity contribution in [2.75, 3.05) is 19.6 Å². The fourth-order valence-electron chi connectivity index (χ4n) is 2.78. The Labute approximate surface area is 126 Å². The summed E-state index contributed by atoms with van der Waals surface area (Å²) < 4.78 is 0. The second-order valence-electron chi connectivity index (χ2n) is 5.91. The van der Waals surface area contributed by atoms with Gasteiger partial charge in [0, 0.05) is 17.8 Å². The lowest BCUT2D eigenvalue weighted by Gasteiger charge is -2.18. The van der Waals surface area contributed by atoms with E-state index >= 15 is 0 Å². The first kappa shape index (κ1) is 15.5. The van der Waals surface area contributed by atoms with Crippen LogP contribution in [0.25, 0.3) is 0 Å². The quantitative estimate of drug-likeness (QED) is 0.829. The van der Waals surface area contributed by atoms with E-state index in [1.165, 1.54) is 48.7 Å². The minimum Gasteiger partial charge on any atom is -0.303 e. The van der Waals surface area contributed by atoms with Crippen LogP contribution in [0, 0.1) is 11.3 Å². The van der Waals surface area contributed by atoms with Gasteiger partial charge < -0.3 is 4.90 Å². The Hall–Kier alpha value is -0.920. The van der Waals surface area contributed by atoms with E-state index in [1.54, 1.807) is 11.3 Å². The lowest BCUT2D eigenvalue weighted by atomic mass is 10.1. The number of likely N-dealkylation sites (tertiary alicyclic amines) is 1. The molecular formula is C16H25N3S. The van der Waals surface area contributed by atoms with Crippen LogP contribution in [0.2, 0.25) is 0 Å². The molecule has 1 aromatic heterocycles. The lowest BCUT2D eigenvalue weighted by Crippen LogP contribution is -2.26. The summed E-state index contributed by atoms with van der Waals surface area (Å²) in [7, 11) is 0. The monoisotopic (exact) mass is 291 g/mol. The lowest BCUT2D eigenvalue weighted by molar-refractivity contribution is 0.288. The van der Waals surface area contributed by atoms with Gasteiger partial charge >= 0.3 is 0 Å². The summed E-state index contributed by atoms with van der Waals surface area (Å²) >= 11 is 1.75. The highest BCUT2D eigenvalue weighted by molar-refractivity contribution is 7.11. The van der Waals surface area contributed by atoms with E-state index in [-0.39, 0.29) is 0 Å². The zero-order chi connectivity index (χ0) is 14.4. The summed E-state index contributed by atoms with van der Waals surface area (Å²) in [5, 5.41) is 10.1. The van der Waals surface area contributed by atoms with Gasteiger partial charge in [-0.2, -0.15) is 5.26 Å². The van der Waals surface area contributed by atoms with Gasteiger partial charge in [-0.15, -0.1) is 11.3 Å². The molecule has 2 rings (SSSR count). The van der Waals surface area contributed by atoms with E-state index in [0.29, 0.717) is 12.3 Å². The van der Waals surface area contributed by atoms with Gasteiger partial charge in [0.1, 0.15) is 0 Å². The smallest absolute Gasteiger partial charge is 0.0944 e.